The Bertz CT molecular complexity index is 94.0. The maximum Gasteiger partial charge on any atom is 0.435 e. The van der Waals surface area contributed by atoms with Gasteiger partial charge in [-0.1, -0.05) is 3.89 Å². The van der Waals surface area contributed by atoms with Crippen molar-refractivity contribution in [2.75, 3.05) is 0 Å². The summed E-state index contributed by atoms with van der Waals surface area (Å²) in [5.41, 5.74) is 0. The van der Waals surface area contributed by atoms with Crippen LogP contribution >= 0.6 is 0 Å². The zero-order chi connectivity index (χ0) is 4.50. The minimum atomic E-state index is -5.17. The van der Waals surface area contributed by atoms with Crippen LogP contribution in [0.2, 0.25) is 0 Å². The summed E-state index contributed by atoms with van der Waals surface area (Å²) in [5, 5.41) is 0. The summed E-state index contributed by atoms with van der Waals surface area (Å²) < 4.78 is 34.1. The van der Waals surface area contributed by atoms with E-state index in [0.717, 1.165) is 0 Å². The molecule has 0 aliphatic rings. The fraction of sp³-hybridized carbons (Fsp3) is 0. The van der Waals surface area contributed by atoms with Crippen molar-refractivity contribution in [2.45, 2.75) is 0 Å². The van der Waals surface area contributed by atoms with Crippen LogP contribution in [0.25, 0.3) is 0 Å². The van der Waals surface area contributed by atoms with Gasteiger partial charge >= 0.3 is 10.5 Å². The third-order valence-electron chi connectivity index (χ3n) is 0. The average molecular weight is 124 g/mol. The molecule has 0 saturated carbocycles. The van der Waals surface area contributed by atoms with E-state index in [1.54, 1.807) is 0 Å². The van der Waals surface area contributed by atoms with Crippen LogP contribution in [0.4, 0.5) is 3.89 Å². The highest BCUT2D eigenvalue weighted by atomic mass is 32.3. The predicted molar refractivity (Wildman–Crippen MR) is 18.4 cm³/mol. The molecule has 0 atom stereocenters. The molecule has 0 saturated heterocycles. The first-order chi connectivity index (χ1) is 2.00. The van der Waals surface area contributed by atoms with Crippen LogP contribution in [0.3, 0.4) is 0 Å². The summed E-state index contributed by atoms with van der Waals surface area (Å²) in [6, 6.07) is 0. The van der Waals surface area contributed by atoms with Gasteiger partial charge in [-0.2, -0.15) is 8.42 Å². The molecule has 3 nitrogen and oxygen atoms in total. The average Bonchev–Trinajstić information content (AvgIpc) is 0.722. The molecule has 0 unspecified atom stereocenters. The molecule has 0 aromatic rings. The molecule has 1 N–H and O–H groups in total. The van der Waals surface area contributed by atoms with E-state index in [1.165, 1.54) is 0 Å². The van der Waals surface area contributed by atoms with Crippen molar-refractivity contribution < 1.29 is 16.9 Å². The molecule has 0 aliphatic carbocycles. The first-order valence-corrected chi connectivity index (χ1v) is 2.01. The van der Waals surface area contributed by atoms with E-state index in [1.807, 2.05) is 0 Å². The van der Waals surface area contributed by atoms with Crippen molar-refractivity contribution in [3.63, 3.8) is 0 Å². The van der Waals surface area contributed by atoms with Gasteiger partial charge in [-0.25, -0.2) is 0 Å². The number of hydrogen-bond acceptors (Lipinski definition) is 2. The molecule has 0 aliphatic heterocycles. The van der Waals surface area contributed by atoms with Gasteiger partial charge in [-0.15, -0.1) is 0 Å². The third-order valence-corrected chi connectivity index (χ3v) is 0. The van der Waals surface area contributed by atoms with Gasteiger partial charge in [0.25, 0.3) is 0 Å². The molecule has 0 heterocycles. The topological polar surface area (TPSA) is 54.4 Å². The molecule has 2 radical (unpaired) electrons. The Morgan fingerprint density at radius 2 is 1.50 bits per heavy atom. The van der Waals surface area contributed by atoms with Crippen LogP contribution in [0.1, 0.15) is 0 Å². The molecule has 34 valence electrons. The SMILES string of the molecule is O=S(=O)(O)F.[Mg]. The van der Waals surface area contributed by atoms with E-state index >= 15 is 0 Å². The summed E-state index contributed by atoms with van der Waals surface area (Å²) in [7, 11) is -5.17. The van der Waals surface area contributed by atoms with Crippen molar-refractivity contribution in [1.82, 2.24) is 0 Å². The van der Waals surface area contributed by atoms with Crippen LogP contribution in [-0.2, 0) is 10.5 Å². The second kappa shape index (κ2) is 2.73. The number of halogens is 1. The first kappa shape index (κ1) is 9.79. The third kappa shape index (κ3) is 163. The molecular formula is HFMgO3S. The maximum atomic E-state index is 10.2. The van der Waals surface area contributed by atoms with Gasteiger partial charge in [0.15, 0.2) is 0 Å². The lowest BCUT2D eigenvalue weighted by Gasteiger charge is -1.63. The zero-order valence-corrected chi connectivity index (χ0v) is 4.99. The van der Waals surface area contributed by atoms with E-state index in [2.05, 4.69) is 0 Å². The second-order valence-corrected chi connectivity index (χ2v) is 1.24. The van der Waals surface area contributed by atoms with Crippen LogP contribution in [0.5, 0.6) is 0 Å². The summed E-state index contributed by atoms with van der Waals surface area (Å²) in [5.74, 6) is 0. The lowest BCUT2D eigenvalue weighted by atomic mass is 15.9. The fourth-order valence-corrected chi connectivity index (χ4v) is 0. The highest BCUT2D eigenvalue weighted by Crippen LogP contribution is 1.74. The van der Waals surface area contributed by atoms with Gasteiger partial charge in [0.05, 0.1) is 0 Å². The summed E-state index contributed by atoms with van der Waals surface area (Å²) in [6.45, 7) is 0. The Labute approximate surface area is 50.7 Å². The van der Waals surface area contributed by atoms with Crippen molar-refractivity contribution >= 4 is 33.6 Å². The van der Waals surface area contributed by atoms with Crippen molar-refractivity contribution in [2.24, 2.45) is 0 Å². The summed E-state index contributed by atoms with van der Waals surface area (Å²) in [6.07, 6.45) is 0. The Morgan fingerprint density at radius 1 is 1.50 bits per heavy atom. The van der Waals surface area contributed by atoms with Gasteiger partial charge in [0.1, 0.15) is 0 Å². The number of rotatable bonds is 0. The molecule has 0 aromatic carbocycles. The largest absolute Gasteiger partial charge is 0.435 e. The Kier molecular flexibility index (Phi) is 4.45. The van der Waals surface area contributed by atoms with Crippen LogP contribution in [0.15, 0.2) is 0 Å². The first-order valence-electron chi connectivity index (χ1n) is 0.670. The van der Waals surface area contributed by atoms with Gasteiger partial charge in [-0.3, -0.25) is 4.55 Å². The quantitative estimate of drug-likeness (QED) is 0.266. The van der Waals surface area contributed by atoms with Gasteiger partial charge in [0.2, 0.25) is 0 Å². The van der Waals surface area contributed by atoms with E-state index in [9.17, 15) is 3.89 Å². The lowest BCUT2D eigenvalue weighted by Crippen LogP contribution is -1.80. The molecule has 0 aromatic heterocycles. The van der Waals surface area contributed by atoms with Gasteiger partial charge in [-0.05, 0) is 0 Å². The molecular weight excluding hydrogens is 123 g/mol. The van der Waals surface area contributed by atoms with E-state index < -0.39 is 10.5 Å². The van der Waals surface area contributed by atoms with Crippen molar-refractivity contribution in [1.29, 1.82) is 0 Å². The second-order valence-electron chi connectivity index (χ2n) is 0.412. The van der Waals surface area contributed by atoms with Crippen LogP contribution in [-0.4, -0.2) is 36.0 Å². The number of hydrogen-bond donors (Lipinski definition) is 1. The summed E-state index contributed by atoms with van der Waals surface area (Å²) in [4.78, 5) is 0. The highest BCUT2D eigenvalue weighted by Gasteiger charge is 1.89. The molecule has 0 rings (SSSR count). The maximum absolute atomic E-state index is 10.2. The van der Waals surface area contributed by atoms with E-state index in [4.69, 9.17) is 13.0 Å². The smallest absolute Gasteiger partial charge is 0.260 e. The highest BCUT2D eigenvalue weighted by molar-refractivity contribution is 7.80. The predicted octanol–water partition coefficient (Wildman–Crippen LogP) is -0.622. The lowest BCUT2D eigenvalue weighted by molar-refractivity contribution is 0.435. The van der Waals surface area contributed by atoms with Gasteiger partial charge < -0.3 is 0 Å². The molecule has 0 amide bonds. The molecule has 0 spiro atoms. The van der Waals surface area contributed by atoms with Crippen LogP contribution in [0, 0.1) is 0 Å². The molecule has 0 fully saturated rings. The standard InChI is InChI=1S/FHO3S.Mg/c1-5(2,3)4;/h(H,2,3,4);. The Hall–Kier alpha value is 0.606. The monoisotopic (exact) mass is 124 g/mol. The molecule has 6 heteroatoms. The minimum Gasteiger partial charge on any atom is -0.260 e. The normalized spacial score (nSPS) is 9.67. The molecule has 6 heavy (non-hydrogen) atoms. The van der Waals surface area contributed by atoms with Gasteiger partial charge in [0, 0.05) is 23.1 Å². The van der Waals surface area contributed by atoms with Crippen LogP contribution < -0.4 is 0 Å². The molecule has 0 bridgehead atoms. The zero-order valence-electron chi connectivity index (χ0n) is 2.76. The summed E-state index contributed by atoms with van der Waals surface area (Å²) >= 11 is 0. The van der Waals surface area contributed by atoms with E-state index in [-0.39, 0.29) is 23.1 Å². The Balaban J connectivity index is 0. The minimum absolute atomic E-state index is 0. The van der Waals surface area contributed by atoms with Crippen molar-refractivity contribution in [3.8, 4) is 0 Å². The van der Waals surface area contributed by atoms with Crippen molar-refractivity contribution in [3.05, 3.63) is 0 Å². The Morgan fingerprint density at radius 3 is 1.50 bits per heavy atom. The van der Waals surface area contributed by atoms with E-state index in [0.29, 0.717) is 0 Å². The fourth-order valence-electron chi connectivity index (χ4n) is 0.